The van der Waals surface area contributed by atoms with E-state index in [4.69, 9.17) is 11.6 Å². The molecule has 0 atom stereocenters. The van der Waals surface area contributed by atoms with Gasteiger partial charge < -0.3 is 15.3 Å². The summed E-state index contributed by atoms with van der Waals surface area (Å²) in [5, 5.41) is 12.5. The molecule has 8 heteroatoms. The Balaban J connectivity index is 1.82. The first kappa shape index (κ1) is 19.1. The van der Waals surface area contributed by atoms with Crippen LogP contribution in [0.5, 0.6) is 0 Å². The molecule has 7 nitrogen and oxygen atoms in total. The number of halogens is 1. The van der Waals surface area contributed by atoms with Crippen LogP contribution in [0.15, 0.2) is 24.4 Å². The highest BCUT2D eigenvalue weighted by Crippen LogP contribution is 2.30. The number of carboxylic acids is 1. The van der Waals surface area contributed by atoms with Gasteiger partial charge in [-0.25, -0.2) is 9.97 Å². The molecule has 0 unspecified atom stereocenters. The number of fused-ring (bicyclic) bond motifs is 1. The molecular weight excluding hydrogens is 368 g/mol. The van der Waals surface area contributed by atoms with E-state index in [-0.39, 0.29) is 17.0 Å². The highest BCUT2D eigenvalue weighted by Gasteiger charge is 2.32. The van der Waals surface area contributed by atoms with Gasteiger partial charge in [-0.2, -0.15) is 0 Å². The molecule has 1 aromatic heterocycles. The second kappa shape index (κ2) is 7.15. The molecule has 1 aromatic carbocycles. The number of anilines is 2. The number of benzene rings is 1. The van der Waals surface area contributed by atoms with E-state index < -0.39 is 11.4 Å². The zero-order chi connectivity index (χ0) is 19.8. The van der Waals surface area contributed by atoms with Gasteiger partial charge in [0.1, 0.15) is 5.15 Å². The summed E-state index contributed by atoms with van der Waals surface area (Å²) in [6.07, 6.45) is 2.26. The molecule has 2 N–H and O–H groups in total. The van der Waals surface area contributed by atoms with Crippen LogP contribution in [0, 0.1) is 0 Å². The van der Waals surface area contributed by atoms with Gasteiger partial charge in [0.25, 0.3) is 0 Å². The smallest absolute Gasteiger partial charge is 0.313 e. The largest absolute Gasteiger partial charge is 0.481 e. The number of rotatable bonds is 4. The minimum Gasteiger partial charge on any atom is -0.481 e. The number of amides is 1. The van der Waals surface area contributed by atoms with E-state index in [1.54, 1.807) is 20.8 Å². The third-order valence-corrected chi connectivity index (χ3v) is 5.16. The predicted octanol–water partition coefficient (Wildman–Crippen LogP) is 3.14. The van der Waals surface area contributed by atoms with Crippen LogP contribution >= 0.6 is 11.6 Å². The lowest BCUT2D eigenvalue weighted by Gasteiger charge is -2.28. The number of hydrogen-bond acceptors (Lipinski definition) is 5. The molecular formula is C19H21ClN4O3. The van der Waals surface area contributed by atoms with Gasteiger partial charge in [-0.3, -0.25) is 9.59 Å². The number of aliphatic carboxylic acids is 1. The molecule has 0 spiro atoms. The van der Waals surface area contributed by atoms with Gasteiger partial charge in [0.2, 0.25) is 11.9 Å². The number of carbonyl (C=O) groups is 2. The van der Waals surface area contributed by atoms with Crippen LogP contribution in [0.25, 0.3) is 0 Å². The molecule has 1 amide bonds. The van der Waals surface area contributed by atoms with Crippen LogP contribution in [0.3, 0.4) is 0 Å². The summed E-state index contributed by atoms with van der Waals surface area (Å²) < 4.78 is 0. The Morgan fingerprint density at radius 1 is 1.30 bits per heavy atom. The molecule has 2 heterocycles. The SMILES string of the molecule is CC(=O)N1CCc2ccc(Nc3ncc(C(C)(C)C(=O)O)c(Cl)n3)cc2C1. The van der Waals surface area contributed by atoms with Gasteiger partial charge in [0.15, 0.2) is 0 Å². The summed E-state index contributed by atoms with van der Waals surface area (Å²) in [6.45, 7) is 5.99. The van der Waals surface area contributed by atoms with Gasteiger partial charge in [-0.1, -0.05) is 17.7 Å². The number of nitrogens with one attached hydrogen (secondary N) is 1. The van der Waals surface area contributed by atoms with Gasteiger partial charge in [0.05, 0.1) is 5.41 Å². The van der Waals surface area contributed by atoms with Crippen molar-refractivity contribution in [1.29, 1.82) is 0 Å². The van der Waals surface area contributed by atoms with Crippen LogP contribution in [0.1, 0.15) is 37.5 Å². The molecule has 0 radical (unpaired) electrons. The molecule has 2 aromatic rings. The highest BCUT2D eigenvalue weighted by molar-refractivity contribution is 6.30. The average molecular weight is 389 g/mol. The summed E-state index contributed by atoms with van der Waals surface area (Å²) in [7, 11) is 0. The number of carbonyl (C=O) groups excluding carboxylic acids is 1. The maximum atomic E-state index is 11.6. The average Bonchev–Trinajstić information content (AvgIpc) is 2.60. The minimum atomic E-state index is -1.18. The van der Waals surface area contributed by atoms with E-state index in [0.29, 0.717) is 12.1 Å². The first-order chi connectivity index (χ1) is 12.7. The fraction of sp³-hybridized carbons (Fsp3) is 0.368. The van der Waals surface area contributed by atoms with Crippen LogP contribution in [0.4, 0.5) is 11.6 Å². The third kappa shape index (κ3) is 3.88. The lowest BCUT2D eigenvalue weighted by molar-refractivity contribution is -0.142. The number of nitrogens with zero attached hydrogens (tertiary/aromatic N) is 3. The van der Waals surface area contributed by atoms with E-state index in [1.165, 1.54) is 11.8 Å². The first-order valence-corrected chi connectivity index (χ1v) is 8.97. The van der Waals surface area contributed by atoms with E-state index in [1.807, 2.05) is 23.1 Å². The Morgan fingerprint density at radius 2 is 2.04 bits per heavy atom. The predicted molar refractivity (Wildman–Crippen MR) is 102 cm³/mol. The van der Waals surface area contributed by atoms with E-state index in [0.717, 1.165) is 24.2 Å². The molecule has 142 valence electrons. The number of aromatic nitrogens is 2. The van der Waals surface area contributed by atoms with E-state index in [9.17, 15) is 14.7 Å². The second-order valence-electron chi connectivity index (χ2n) is 7.13. The van der Waals surface area contributed by atoms with Crippen LogP contribution in [0.2, 0.25) is 5.15 Å². The molecule has 27 heavy (non-hydrogen) atoms. The van der Waals surface area contributed by atoms with Gasteiger partial charge in [-0.15, -0.1) is 0 Å². The first-order valence-electron chi connectivity index (χ1n) is 8.59. The van der Waals surface area contributed by atoms with Gasteiger partial charge in [0, 0.05) is 37.5 Å². The summed E-state index contributed by atoms with van der Waals surface area (Å²) in [5.74, 6) is -0.659. The van der Waals surface area contributed by atoms with Crippen LogP contribution in [-0.2, 0) is 28.0 Å². The summed E-state index contributed by atoms with van der Waals surface area (Å²) in [6, 6.07) is 5.92. The van der Waals surface area contributed by atoms with Crippen LogP contribution < -0.4 is 5.32 Å². The Kier molecular flexibility index (Phi) is 5.06. The zero-order valence-electron chi connectivity index (χ0n) is 15.4. The Morgan fingerprint density at radius 3 is 2.67 bits per heavy atom. The molecule has 0 saturated heterocycles. The highest BCUT2D eigenvalue weighted by atomic mass is 35.5. The summed E-state index contributed by atoms with van der Waals surface area (Å²) in [5.41, 5.74) is 2.24. The van der Waals surface area contributed by atoms with E-state index in [2.05, 4.69) is 15.3 Å². The fourth-order valence-corrected chi connectivity index (χ4v) is 3.35. The van der Waals surface area contributed by atoms with Crippen molar-refractivity contribution in [1.82, 2.24) is 14.9 Å². The Labute approximate surface area is 162 Å². The Hall–Kier alpha value is -2.67. The molecule has 1 aliphatic rings. The monoisotopic (exact) mass is 388 g/mol. The zero-order valence-corrected chi connectivity index (χ0v) is 16.2. The van der Waals surface area contributed by atoms with Crippen molar-refractivity contribution in [3.05, 3.63) is 46.2 Å². The van der Waals surface area contributed by atoms with Crippen LogP contribution in [-0.4, -0.2) is 38.4 Å². The molecule has 0 bridgehead atoms. The second-order valence-corrected chi connectivity index (χ2v) is 7.49. The molecule has 0 saturated carbocycles. The van der Waals surface area contributed by atoms with E-state index >= 15 is 0 Å². The Bertz CT molecular complexity index is 914. The van der Waals surface area contributed by atoms with Crippen molar-refractivity contribution in [2.24, 2.45) is 0 Å². The van der Waals surface area contributed by atoms with Crippen molar-refractivity contribution >= 4 is 35.1 Å². The number of hydrogen-bond donors (Lipinski definition) is 2. The topological polar surface area (TPSA) is 95.4 Å². The van der Waals surface area contributed by atoms with Crippen molar-refractivity contribution in [2.45, 2.75) is 39.2 Å². The quantitative estimate of drug-likeness (QED) is 0.781. The van der Waals surface area contributed by atoms with Gasteiger partial charge in [-0.05, 0) is 43.5 Å². The normalized spacial score (nSPS) is 13.9. The summed E-state index contributed by atoms with van der Waals surface area (Å²) in [4.78, 5) is 33.2. The molecule has 1 aliphatic heterocycles. The van der Waals surface area contributed by atoms with Crippen molar-refractivity contribution in [3.63, 3.8) is 0 Å². The van der Waals surface area contributed by atoms with Gasteiger partial charge >= 0.3 is 5.97 Å². The third-order valence-electron chi connectivity index (χ3n) is 4.87. The van der Waals surface area contributed by atoms with Crippen molar-refractivity contribution in [2.75, 3.05) is 11.9 Å². The standard InChI is InChI=1S/C19H21ClN4O3/c1-11(25)24-7-6-12-4-5-14(8-13(12)10-24)22-18-21-9-15(16(20)23-18)19(2,3)17(26)27/h4-5,8-9H,6-7,10H2,1-3H3,(H,26,27)(H,21,22,23). The van der Waals surface area contributed by atoms with Crippen molar-refractivity contribution in [3.8, 4) is 0 Å². The molecule has 0 fully saturated rings. The maximum absolute atomic E-state index is 11.6. The van der Waals surface area contributed by atoms with Crippen molar-refractivity contribution < 1.29 is 14.7 Å². The fourth-order valence-electron chi connectivity index (χ4n) is 2.99. The lowest BCUT2D eigenvalue weighted by atomic mass is 9.87. The maximum Gasteiger partial charge on any atom is 0.313 e. The minimum absolute atomic E-state index is 0.0609. The summed E-state index contributed by atoms with van der Waals surface area (Å²) >= 11 is 6.19. The number of carboxylic acid groups (broad SMARTS) is 1. The molecule has 3 rings (SSSR count). The lowest BCUT2D eigenvalue weighted by Crippen LogP contribution is -2.34. The molecule has 0 aliphatic carbocycles.